The molecule has 0 saturated carbocycles. The Balaban J connectivity index is 3.15. The lowest BCUT2D eigenvalue weighted by Crippen LogP contribution is -2.53. The lowest BCUT2D eigenvalue weighted by atomic mass is 10.1. The van der Waals surface area contributed by atoms with Crippen molar-refractivity contribution in [2.45, 2.75) is 65.6 Å². The van der Waals surface area contributed by atoms with Crippen molar-refractivity contribution in [1.82, 2.24) is 10.2 Å². The summed E-state index contributed by atoms with van der Waals surface area (Å²) < 4.78 is 0. The van der Waals surface area contributed by atoms with Crippen LogP contribution in [0.1, 0.15) is 53.0 Å². The van der Waals surface area contributed by atoms with Gasteiger partial charge in [0, 0.05) is 34.1 Å². The van der Waals surface area contributed by atoms with Crippen LogP contribution in [0.4, 0.5) is 0 Å². The summed E-state index contributed by atoms with van der Waals surface area (Å²) in [5, 5.41) is 3.92. The van der Waals surface area contributed by atoms with Gasteiger partial charge in [-0.25, -0.2) is 0 Å². The molecule has 0 spiro atoms. The fourth-order valence-electron chi connectivity index (χ4n) is 2.43. The van der Waals surface area contributed by atoms with Crippen molar-refractivity contribution >= 4 is 35.0 Å². The second kappa shape index (κ2) is 8.72. The third-order valence-electron chi connectivity index (χ3n) is 3.58. The molecule has 0 unspecified atom stereocenters. The molecule has 0 saturated heterocycles. The zero-order valence-corrected chi connectivity index (χ0v) is 16.5. The number of amides is 2. The minimum atomic E-state index is -0.566. The molecule has 0 aromatic heterocycles. The second-order valence-corrected chi connectivity index (χ2v) is 7.55. The Morgan fingerprint density at radius 2 is 1.71 bits per heavy atom. The molecule has 1 aromatic carbocycles. The van der Waals surface area contributed by atoms with Gasteiger partial charge in [0.25, 0.3) is 0 Å². The molecule has 0 radical (unpaired) electrons. The van der Waals surface area contributed by atoms with Crippen LogP contribution in [-0.4, -0.2) is 28.3 Å². The van der Waals surface area contributed by atoms with E-state index in [1.165, 1.54) is 0 Å². The van der Waals surface area contributed by atoms with Crippen molar-refractivity contribution in [3.8, 4) is 0 Å². The Kier molecular flexibility index (Phi) is 7.56. The lowest BCUT2D eigenvalue weighted by Gasteiger charge is -2.33. The minimum Gasteiger partial charge on any atom is -0.350 e. The van der Waals surface area contributed by atoms with Crippen molar-refractivity contribution in [2.75, 3.05) is 0 Å². The Labute approximate surface area is 154 Å². The van der Waals surface area contributed by atoms with E-state index < -0.39 is 6.04 Å². The average Bonchev–Trinajstić information content (AvgIpc) is 2.47. The molecule has 0 aliphatic carbocycles. The summed E-state index contributed by atoms with van der Waals surface area (Å²) in [6.45, 7) is 9.60. The standard InChI is InChI=1S/C18H26Cl2N2O2/c1-6-15(17(24)21-18(3,4)5)22(16(23)7-2)11-12-13(19)9-8-10-14(12)20/h8-10,15H,6-7,11H2,1-5H3,(H,21,24)/t15-/m0/s1. The first-order chi connectivity index (χ1) is 11.1. The van der Waals surface area contributed by atoms with E-state index in [1.54, 1.807) is 30.0 Å². The van der Waals surface area contributed by atoms with Crippen LogP contribution >= 0.6 is 23.2 Å². The number of nitrogens with one attached hydrogen (secondary N) is 1. The number of carbonyl (C=O) groups excluding carboxylic acids is 2. The molecule has 0 aliphatic rings. The maximum Gasteiger partial charge on any atom is 0.243 e. The SMILES string of the molecule is CCC(=O)N(Cc1c(Cl)cccc1Cl)[C@@H](CC)C(=O)NC(C)(C)C. The molecule has 24 heavy (non-hydrogen) atoms. The molecule has 2 amide bonds. The van der Waals surface area contributed by atoms with Gasteiger partial charge in [0.05, 0.1) is 0 Å². The molecule has 4 nitrogen and oxygen atoms in total. The van der Waals surface area contributed by atoms with Gasteiger partial charge in [-0.15, -0.1) is 0 Å². The highest BCUT2D eigenvalue weighted by Crippen LogP contribution is 2.27. The molecule has 0 bridgehead atoms. The summed E-state index contributed by atoms with van der Waals surface area (Å²) >= 11 is 12.5. The summed E-state index contributed by atoms with van der Waals surface area (Å²) in [4.78, 5) is 26.7. The van der Waals surface area contributed by atoms with Crippen LogP contribution < -0.4 is 5.32 Å². The van der Waals surface area contributed by atoms with E-state index in [4.69, 9.17) is 23.2 Å². The van der Waals surface area contributed by atoms with Gasteiger partial charge in [-0.3, -0.25) is 9.59 Å². The van der Waals surface area contributed by atoms with Crippen LogP contribution in [0.3, 0.4) is 0 Å². The summed E-state index contributed by atoms with van der Waals surface area (Å²) in [5.74, 6) is -0.281. The Bertz CT molecular complexity index is 577. The van der Waals surface area contributed by atoms with Crippen LogP contribution in [0, 0.1) is 0 Å². The highest BCUT2D eigenvalue weighted by molar-refractivity contribution is 6.36. The molecule has 1 aromatic rings. The van der Waals surface area contributed by atoms with Crippen molar-refractivity contribution in [3.05, 3.63) is 33.8 Å². The molecule has 1 rings (SSSR count). The van der Waals surface area contributed by atoms with Gasteiger partial charge in [-0.05, 0) is 39.3 Å². The first-order valence-corrected chi connectivity index (χ1v) is 8.90. The largest absolute Gasteiger partial charge is 0.350 e. The van der Waals surface area contributed by atoms with Crippen LogP contribution in [0.2, 0.25) is 10.0 Å². The molecule has 0 heterocycles. The summed E-state index contributed by atoms with van der Waals surface area (Å²) in [7, 11) is 0. The van der Waals surface area contributed by atoms with Gasteiger partial charge in [0.15, 0.2) is 0 Å². The second-order valence-electron chi connectivity index (χ2n) is 6.74. The van der Waals surface area contributed by atoms with Crippen LogP contribution in [0.25, 0.3) is 0 Å². The normalized spacial score (nSPS) is 12.6. The minimum absolute atomic E-state index is 0.109. The van der Waals surface area contributed by atoms with Gasteiger partial charge in [-0.2, -0.15) is 0 Å². The van der Waals surface area contributed by atoms with Crippen LogP contribution in [-0.2, 0) is 16.1 Å². The number of hydrogen-bond donors (Lipinski definition) is 1. The monoisotopic (exact) mass is 372 g/mol. The topological polar surface area (TPSA) is 49.4 Å². The Morgan fingerprint density at radius 3 is 2.12 bits per heavy atom. The van der Waals surface area contributed by atoms with Gasteiger partial charge in [0.1, 0.15) is 6.04 Å². The highest BCUT2D eigenvalue weighted by atomic mass is 35.5. The summed E-state index contributed by atoms with van der Waals surface area (Å²) in [6.07, 6.45) is 0.817. The molecule has 0 fully saturated rings. The maximum absolute atomic E-state index is 12.6. The Morgan fingerprint density at radius 1 is 1.17 bits per heavy atom. The average molecular weight is 373 g/mol. The van der Waals surface area contributed by atoms with Gasteiger partial charge < -0.3 is 10.2 Å². The molecular formula is C18H26Cl2N2O2. The van der Waals surface area contributed by atoms with E-state index in [9.17, 15) is 9.59 Å². The van der Waals surface area contributed by atoms with E-state index in [-0.39, 0.29) is 23.9 Å². The maximum atomic E-state index is 12.6. The molecule has 1 atom stereocenters. The predicted octanol–water partition coefficient (Wildman–Crippen LogP) is 4.43. The number of carbonyl (C=O) groups is 2. The first kappa shape index (κ1) is 20.8. The summed E-state index contributed by atoms with van der Waals surface area (Å²) in [6, 6.07) is 4.65. The highest BCUT2D eigenvalue weighted by Gasteiger charge is 2.30. The fraction of sp³-hybridized carbons (Fsp3) is 0.556. The zero-order valence-electron chi connectivity index (χ0n) is 15.0. The molecule has 0 aliphatic heterocycles. The molecular weight excluding hydrogens is 347 g/mol. The molecule has 1 N–H and O–H groups in total. The number of hydrogen-bond acceptors (Lipinski definition) is 2. The number of nitrogens with zero attached hydrogens (tertiary/aromatic N) is 1. The number of benzene rings is 1. The number of halogens is 2. The van der Waals surface area contributed by atoms with E-state index in [1.807, 2.05) is 27.7 Å². The lowest BCUT2D eigenvalue weighted by molar-refractivity contribution is -0.141. The van der Waals surface area contributed by atoms with Crippen molar-refractivity contribution in [2.24, 2.45) is 0 Å². The van der Waals surface area contributed by atoms with E-state index >= 15 is 0 Å². The Hall–Kier alpha value is -1.26. The summed E-state index contributed by atoms with van der Waals surface area (Å²) in [5.41, 5.74) is 0.289. The van der Waals surface area contributed by atoms with Crippen molar-refractivity contribution in [3.63, 3.8) is 0 Å². The third kappa shape index (κ3) is 5.67. The van der Waals surface area contributed by atoms with Crippen molar-refractivity contribution < 1.29 is 9.59 Å². The van der Waals surface area contributed by atoms with Crippen LogP contribution in [0.5, 0.6) is 0 Å². The third-order valence-corrected chi connectivity index (χ3v) is 4.28. The predicted molar refractivity (Wildman–Crippen MR) is 99.3 cm³/mol. The van der Waals surface area contributed by atoms with Crippen LogP contribution in [0.15, 0.2) is 18.2 Å². The van der Waals surface area contributed by atoms with E-state index in [2.05, 4.69) is 5.32 Å². The smallest absolute Gasteiger partial charge is 0.243 e. The van der Waals surface area contributed by atoms with Gasteiger partial charge in [-0.1, -0.05) is 43.1 Å². The van der Waals surface area contributed by atoms with E-state index in [0.29, 0.717) is 28.5 Å². The van der Waals surface area contributed by atoms with Gasteiger partial charge in [0.2, 0.25) is 11.8 Å². The zero-order chi connectivity index (χ0) is 18.5. The van der Waals surface area contributed by atoms with Crippen molar-refractivity contribution in [1.29, 1.82) is 0 Å². The molecule has 6 heteroatoms. The quantitative estimate of drug-likeness (QED) is 0.802. The molecule has 134 valence electrons. The first-order valence-electron chi connectivity index (χ1n) is 8.15. The fourth-order valence-corrected chi connectivity index (χ4v) is 2.95. The van der Waals surface area contributed by atoms with Gasteiger partial charge >= 0.3 is 0 Å². The number of rotatable bonds is 6. The van der Waals surface area contributed by atoms with E-state index in [0.717, 1.165) is 0 Å².